The number of ether oxygens (including phenoxy) is 1. The molecule has 0 unspecified atom stereocenters. The van der Waals surface area contributed by atoms with E-state index in [9.17, 15) is 0 Å². The number of benzene rings is 1. The number of guanidine groups is 1. The van der Waals surface area contributed by atoms with E-state index in [1.54, 1.807) is 12.5 Å². The molecule has 2 aromatic heterocycles. The Labute approximate surface area is 188 Å². The molecule has 32 heavy (non-hydrogen) atoms. The Hall–Kier alpha value is -3.39. The van der Waals surface area contributed by atoms with Crippen LogP contribution in [0.15, 0.2) is 70.5 Å². The van der Waals surface area contributed by atoms with Crippen LogP contribution in [0.4, 0.5) is 0 Å². The van der Waals surface area contributed by atoms with Crippen LogP contribution in [0.25, 0.3) is 0 Å². The largest absolute Gasteiger partial charge is 0.473 e. The lowest BCUT2D eigenvalue weighted by Gasteiger charge is -2.36. The van der Waals surface area contributed by atoms with E-state index < -0.39 is 0 Å². The first-order chi connectivity index (χ1) is 15.8. The standard InChI is InChI=1S/C24H30N6O2/c1-2-25-24(30-14-12-29(13-15-30)18-22-10-16-32-28-22)27-17-21-9-6-11-26-23(21)31-19-20-7-4-3-5-8-20/h3-11,16H,2,12-15,17-19H2,1H3,(H,25,27). The zero-order valence-electron chi connectivity index (χ0n) is 18.5. The molecule has 0 spiro atoms. The Morgan fingerprint density at radius 3 is 2.69 bits per heavy atom. The quantitative estimate of drug-likeness (QED) is 0.431. The van der Waals surface area contributed by atoms with Gasteiger partial charge in [0.05, 0.1) is 12.2 Å². The van der Waals surface area contributed by atoms with Gasteiger partial charge in [0, 0.05) is 57.1 Å². The SMILES string of the molecule is CCNC(=NCc1cccnc1OCc1ccccc1)N1CCN(Cc2ccon2)CC1. The summed E-state index contributed by atoms with van der Waals surface area (Å²) in [5.74, 6) is 1.56. The molecule has 1 aliphatic heterocycles. The highest BCUT2D eigenvalue weighted by Crippen LogP contribution is 2.17. The monoisotopic (exact) mass is 434 g/mol. The van der Waals surface area contributed by atoms with Crippen molar-refractivity contribution in [3.63, 3.8) is 0 Å². The number of rotatable bonds is 8. The van der Waals surface area contributed by atoms with Gasteiger partial charge in [-0.2, -0.15) is 0 Å². The van der Waals surface area contributed by atoms with E-state index in [2.05, 4.69) is 32.2 Å². The highest BCUT2D eigenvalue weighted by molar-refractivity contribution is 5.80. The van der Waals surface area contributed by atoms with Crippen LogP contribution >= 0.6 is 0 Å². The Morgan fingerprint density at radius 1 is 1.09 bits per heavy atom. The first kappa shape index (κ1) is 21.8. The Bertz CT molecular complexity index is 969. The molecule has 1 fully saturated rings. The molecule has 1 aromatic carbocycles. The topological polar surface area (TPSA) is 79.0 Å². The first-order valence-electron chi connectivity index (χ1n) is 11.1. The Kier molecular flexibility index (Phi) is 7.70. The van der Waals surface area contributed by atoms with Gasteiger partial charge in [-0.05, 0) is 18.6 Å². The second-order valence-electron chi connectivity index (χ2n) is 7.67. The van der Waals surface area contributed by atoms with E-state index in [0.717, 1.165) is 62.0 Å². The molecule has 0 saturated carbocycles. The molecule has 0 radical (unpaired) electrons. The first-order valence-corrected chi connectivity index (χ1v) is 11.1. The summed E-state index contributed by atoms with van der Waals surface area (Å²) in [5, 5.41) is 7.44. The molecule has 1 N–H and O–H groups in total. The summed E-state index contributed by atoms with van der Waals surface area (Å²) < 4.78 is 10.9. The number of piperazine rings is 1. The smallest absolute Gasteiger partial charge is 0.218 e. The number of hydrogen-bond donors (Lipinski definition) is 1. The maximum absolute atomic E-state index is 5.99. The molecule has 8 nitrogen and oxygen atoms in total. The fraction of sp³-hybridized carbons (Fsp3) is 0.375. The van der Waals surface area contributed by atoms with Gasteiger partial charge in [-0.15, -0.1) is 0 Å². The Morgan fingerprint density at radius 2 is 1.94 bits per heavy atom. The van der Waals surface area contributed by atoms with Crippen molar-refractivity contribution in [2.24, 2.45) is 4.99 Å². The summed E-state index contributed by atoms with van der Waals surface area (Å²) in [5.41, 5.74) is 3.06. The maximum atomic E-state index is 5.99. The molecule has 8 heteroatoms. The average molecular weight is 435 g/mol. The van der Waals surface area contributed by atoms with Crippen molar-refractivity contribution in [1.82, 2.24) is 25.3 Å². The summed E-state index contributed by atoms with van der Waals surface area (Å²) in [7, 11) is 0. The van der Waals surface area contributed by atoms with Crippen LogP contribution in [0.1, 0.15) is 23.7 Å². The van der Waals surface area contributed by atoms with E-state index in [1.807, 2.05) is 48.5 Å². The molecule has 0 atom stereocenters. The van der Waals surface area contributed by atoms with Gasteiger partial charge in [0.15, 0.2) is 5.96 Å². The predicted octanol–water partition coefficient (Wildman–Crippen LogP) is 2.93. The highest BCUT2D eigenvalue weighted by Gasteiger charge is 2.20. The third kappa shape index (κ3) is 6.07. The van der Waals surface area contributed by atoms with Crippen molar-refractivity contribution in [1.29, 1.82) is 0 Å². The minimum absolute atomic E-state index is 0.488. The van der Waals surface area contributed by atoms with Crippen LogP contribution in [0.3, 0.4) is 0 Å². The molecule has 3 aromatic rings. The van der Waals surface area contributed by atoms with Crippen molar-refractivity contribution in [2.45, 2.75) is 26.6 Å². The number of pyridine rings is 1. The molecular formula is C24H30N6O2. The predicted molar refractivity (Wildman–Crippen MR) is 123 cm³/mol. The summed E-state index contributed by atoms with van der Waals surface area (Å²) in [4.78, 5) is 14.0. The molecule has 0 aliphatic carbocycles. The minimum atomic E-state index is 0.488. The summed E-state index contributed by atoms with van der Waals surface area (Å²) in [6.07, 6.45) is 3.38. The van der Waals surface area contributed by atoms with E-state index in [4.69, 9.17) is 14.3 Å². The van der Waals surface area contributed by atoms with Gasteiger partial charge in [0.25, 0.3) is 0 Å². The Balaban J connectivity index is 1.36. The van der Waals surface area contributed by atoms with Gasteiger partial charge >= 0.3 is 0 Å². The van der Waals surface area contributed by atoms with Gasteiger partial charge in [-0.1, -0.05) is 41.6 Å². The van der Waals surface area contributed by atoms with Crippen LogP contribution in [-0.4, -0.2) is 58.6 Å². The van der Waals surface area contributed by atoms with Gasteiger partial charge in [0.1, 0.15) is 12.9 Å². The van der Waals surface area contributed by atoms with E-state index in [0.29, 0.717) is 19.0 Å². The molecule has 1 saturated heterocycles. The van der Waals surface area contributed by atoms with Crippen LogP contribution in [-0.2, 0) is 19.7 Å². The fourth-order valence-electron chi connectivity index (χ4n) is 3.65. The van der Waals surface area contributed by atoms with Crippen LogP contribution in [0.2, 0.25) is 0 Å². The van der Waals surface area contributed by atoms with Gasteiger partial charge in [-0.25, -0.2) is 9.98 Å². The number of aliphatic imine (C=N–C) groups is 1. The number of aromatic nitrogens is 2. The van der Waals surface area contributed by atoms with E-state index in [-0.39, 0.29) is 0 Å². The fourth-order valence-corrected chi connectivity index (χ4v) is 3.65. The molecular weight excluding hydrogens is 404 g/mol. The van der Waals surface area contributed by atoms with Crippen molar-refractivity contribution in [2.75, 3.05) is 32.7 Å². The zero-order valence-corrected chi connectivity index (χ0v) is 18.5. The van der Waals surface area contributed by atoms with Crippen LogP contribution in [0.5, 0.6) is 5.88 Å². The van der Waals surface area contributed by atoms with Crippen LogP contribution in [0, 0.1) is 0 Å². The minimum Gasteiger partial charge on any atom is -0.473 e. The third-order valence-electron chi connectivity index (χ3n) is 5.35. The molecule has 0 bridgehead atoms. The maximum Gasteiger partial charge on any atom is 0.218 e. The van der Waals surface area contributed by atoms with E-state index in [1.165, 1.54) is 0 Å². The molecule has 0 amide bonds. The third-order valence-corrected chi connectivity index (χ3v) is 5.35. The van der Waals surface area contributed by atoms with Gasteiger partial charge in [-0.3, -0.25) is 4.90 Å². The molecule has 1 aliphatic rings. The molecule has 4 rings (SSSR count). The summed E-state index contributed by atoms with van der Waals surface area (Å²) in [6, 6.07) is 16.0. The summed E-state index contributed by atoms with van der Waals surface area (Å²) >= 11 is 0. The summed E-state index contributed by atoms with van der Waals surface area (Å²) in [6.45, 7) is 8.46. The normalized spacial score (nSPS) is 15.0. The molecule has 168 valence electrons. The lowest BCUT2D eigenvalue weighted by atomic mass is 10.2. The van der Waals surface area contributed by atoms with Crippen molar-refractivity contribution in [3.05, 3.63) is 77.8 Å². The second-order valence-corrected chi connectivity index (χ2v) is 7.67. The number of hydrogen-bond acceptors (Lipinski definition) is 6. The van der Waals surface area contributed by atoms with E-state index >= 15 is 0 Å². The van der Waals surface area contributed by atoms with Gasteiger partial charge in [0.2, 0.25) is 5.88 Å². The molecule has 3 heterocycles. The van der Waals surface area contributed by atoms with Crippen molar-refractivity contribution >= 4 is 5.96 Å². The average Bonchev–Trinajstić information content (AvgIpc) is 3.35. The lowest BCUT2D eigenvalue weighted by molar-refractivity contribution is 0.169. The van der Waals surface area contributed by atoms with Crippen molar-refractivity contribution in [3.8, 4) is 5.88 Å². The lowest BCUT2D eigenvalue weighted by Crippen LogP contribution is -2.52. The number of nitrogens with zero attached hydrogens (tertiary/aromatic N) is 5. The number of nitrogens with one attached hydrogen (secondary N) is 1. The highest BCUT2D eigenvalue weighted by atomic mass is 16.5. The second kappa shape index (κ2) is 11.3. The van der Waals surface area contributed by atoms with Crippen molar-refractivity contribution < 1.29 is 9.26 Å². The van der Waals surface area contributed by atoms with Gasteiger partial charge < -0.3 is 19.5 Å². The zero-order chi connectivity index (χ0) is 22.0. The van der Waals surface area contributed by atoms with Crippen LogP contribution < -0.4 is 10.1 Å².